The number of hydrogen-bond acceptors (Lipinski definition) is 3. The van der Waals surface area contributed by atoms with E-state index in [0.717, 1.165) is 23.3 Å². The molecule has 0 amide bonds. The Hall–Kier alpha value is -1.38. The molecule has 1 saturated heterocycles. The molecule has 1 aromatic rings. The molecule has 1 heterocycles. The molecule has 2 aliphatic rings. The fraction of sp³-hybridized carbons (Fsp3) is 0.625. The highest BCUT2D eigenvalue weighted by Gasteiger charge is 2.36. The van der Waals surface area contributed by atoms with Crippen LogP contribution in [0.2, 0.25) is 0 Å². The third-order valence-corrected chi connectivity index (χ3v) is 4.38. The summed E-state index contributed by atoms with van der Waals surface area (Å²) in [5.41, 5.74) is 8.04. The number of hydrogen-bond donors (Lipinski definition) is 1. The minimum atomic E-state index is 0.188. The number of nitrogens with zero attached hydrogens (tertiary/aromatic N) is 1. The average Bonchev–Trinajstić information content (AvgIpc) is 2.86. The molecule has 104 valence electrons. The van der Waals surface area contributed by atoms with Gasteiger partial charge in [0.05, 0.1) is 6.10 Å². The van der Waals surface area contributed by atoms with E-state index >= 15 is 0 Å². The van der Waals surface area contributed by atoms with Crippen molar-refractivity contribution >= 4 is 11.4 Å². The minimum Gasteiger partial charge on any atom is -0.491 e. The molecule has 2 atom stereocenters. The highest BCUT2D eigenvalue weighted by Crippen LogP contribution is 2.40. The number of benzene rings is 1. The summed E-state index contributed by atoms with van der Waals surface area (Å²) >= 11 is 0. The quantitative estimate of drug-likeness (QED) is 0.848. The molecule has 19 heavy (non-hydrogen) atoms. The van der Waals surface area contributed by atoms with Crippen molar-refractivity contribution in [1.29, 1.82) is 0 Å². The zero-order chi connectivity index (χ0) is 13.4. The largest absolute Gasteiger partial charge is 0.491 e. The predicted octanol–water partition coefficient (Wildman–Crippen LogP) is 3.29. The van der Waals surface area contributed by atoms with Crippen molar-refractivity contribution in [2.75, 3.05) is 23.7 Å². The van der Waals surface area contributed by atoms with Crippen molar-refractivity contribution in [3.63, 3.8) is 0 Å². The minimum absolute atomic E-state index is 0.188. The molecule has 0 radical (unpaired) electrons. The third-order valence-electron chi connectivity index (χ3n) is 4.38. The first-order chi connectivity index (χ1) is 9.11. The van der Waals surface area contributed by atoms with E-state index in [0.29, 0.717) is 0 Å². The maximum atomic E-state index is 6.01. The molecule has 0 spiro atoms. The Bertz CT molecular complexity index is 446. The van der Waals surface area contributed by atoms with Crippen molar-refractivity contribution in [3.05, 3.63) is 18.2 Å². The molecular weight excluding hydrogens is 236 g/mol. The van der Waals surface area contributed by atoms with Crippen LogP contribution in [0.5, 0.6) is 5.75 Å². The summed E-state index contributed by atoms with van der Waals surface area (Å²) in [5, 5.41) is 0. The van der Waals surface area contributed by atoms with Gasteiger partial charge in [0.1, 0.15) is 5.75 Å². The smallest absolute Gasteiger partial charge is 0.123 e. The van der Waals surface area contributed by atoms with Gasteiger partial charge in [0, 0.05) is 36.6 Å². The molecule has 1 aromatic carbocycles. The van der Waals surface area contributed by atoms with Crippen LogP contribution in [0.4, 0.5) is 11.4 Å². The predicted molar refractivity (Wildman–Crippen MR) is 79.7 cm³/mol. The first kappa shape index (κ1) is 12.6. The van der Waals surface area contributed by atoms with Crippen molar-refractivity contribution < 1.29 is 4.74 Å². The van der Waals surface area contributed by atoms with E-state index in [1.807, 2.05) is 19.9 Å². The van der Waals surface area contributed by atoms with E-state index in [2.05, 4.69) is 17.0 Å². The summed E-state index contributed by atoms with van der Waals surface area (Å²) in [6, 6.07) is 6.13. The fourth-order valence-electron chi connectivity index (χ4n) is 3.57. The standard InChI is InChI=1S/C16H24N2O/c1-11(2)19-16-7-14(17)6-15(8-16)18-9-12-4-3-5-13(12)10-18/h6-8,11-13H,3-5,9-10,17H2,1-2H3. The zero-order valence-electron chi connectivity index (χ0n) is 11.9. The van der Waals surface area contributed by atoms with Crippen LogP contribution < -0.4 is 15.4 Å². The van der Waals surface area contributed by atoms with Crippen LogP contribution in [0.3, 0.4) is 0 Å². The lowest BCUT2D eigenvalue weighted by Gasteiger charge is -2.21. The second kappa shape index (κ2) is 4.95. The van der Waals surface area contributed by atoms with Gasteiger partial charge in [-0.3, -0.25) is 0 Å². The zero-order valence-corrected chi connectivity index (χ0v) is 11.9. The van der Waals surface area contributed by atoms with Crippen molar-refractivity contribution in [1.82, 2.24) is 0 Å². The lowest BCUT2D eigenvalue weighted by Crippen LogP contribution is -2.21. The molecule has 2 unspecified atom stereocenters. The Morgan fingerprint density at radius 1 is 1.16 bits per heavy atom. The summed E-state index contributed by atoms with van der Waals surface area (Å²) < 4.78 is 5.78. The van der Waals surface area contributed by atoms with Crippen molar-refractivity contribution in [2.24, 2.45) is 11.8 Å². The number of anilines is 2. The first-order valence-electron chi connectivity index (χ1n) is 7.44. The van der Waals surface area contributed by atoms with Gasteiger partial charge < -0.3 is 15.4 Å². The van der Waals surface area contributed by atoms with Crippen molar-refractivity contribution in [3.8, 4) is 5.75 Å². The van der Waals surface area contributed by atoms with Crippen molar-refractivity contribution in [2.45, 2.75) is 39.2 Å². The number of fused-ring (bicyclic) bond motifs is 1. The van der Waals surface area contributed by atoms with Crippen LogP contribution in [0, 0.1) is 11.8 Å². The van der Waals surface area contributed by atoms with Gasteiger partial charge in [-0.1, -0.05) is 6.42 Å². The van der Waals surface area contributed by atoms with Crippen LogP contribution in [-0.4, -0.2) is 19.2 Å². The fourth-order valence-corrected chi connectivity index (χ4v) is 3.57. The summed E-state index contributed by atoms with van der Waals surface area (Å²) in [7, 11) is 0. The molecule has 1 aliphatic carbocycles. The molecule has 1 saturated carbocycles. The Morgan fingerprint density at radius 3 is 2.47 bits per heavy atom. The average molecular weight is 260 g/mol. The van der Waals surface area contributed by atoms with Gasteiger partial charge in [0.2, 0.25) is 0 Å². The SMILES string of the molecule is CC(C)Oc1cc(N)cc(N2CC3CCCC3C2)c1. The van der Waals surface area contributed by atoms with Gasteiger partial charge in [0.15, 0.2) is 0 Å². The normalized spacial score (nSPS) is 25.9. The molecule has 3 heteroatoms. The first-order valence-corrected chi connectivity index (χ1v) is 7.44. The molecule has 2 fully saturated rings. The Balaban J connectivity index is 1.79. The molecule has 2 N–H and O–H groups in total. The van der Waals surface area contributed by atoms with Gasteiger partial charge >= 0.3 is 0 Å². The van der Waals surface area contributed by atoms with E-state index in [9.17, 15) is 0 Å². The van der Waals surface area contributed by atoms with Gasteiger partial charge in [0.25, 0.3) is 0 Å². The topological polar surface area (TPSA) is 38.5 Å². The van der Waals surface area contributed by atoms with E-state index < -0.39 is 0 Å². The summed E-state index contributed by atoms with van der Waals surface area (Å²) in [6.07, 6.45) is 4.41. The van der Waals surface area contributed by atoms with Gasteiger partial charge in [-0.25, -0.2) is 0 Å². The van der Waals surface area contributed by atoms with Crippen LogP contribution in [0.15, 0.2) is 18.2 Å². The Kier molecular flexibility index (Phi) is 3.29. The van der Waals surface area contributed by atoms with Gasteiger partial charge in [-0.05, 0) is 44.6 Å². The van der Waals surface area contributed by atoms with Crippen LogP contribution >= 0.6 is 0 Å². The molecule has 3 rings (SSSR count). The molecule has 0 bridgehead atoms. The number of ether oxygens (including phenoxy) is 1. The second-order valence-electron chi connectivity index (χ2n) is 6.28. The maximum Gasteiger partial charge on any atom is 0.123 e. The molecule has 3 nitrogen and oxygen atoms in total. The molecular formula is C16H24N2O. The Morgan fingerprint density at radius 2 is 1.84 bits per heavy atom. The van der Waals surface area contributed by atoms with Gasteiger partial charge in [-0.2, -0.15) is 0 Å². The highest BCUT2D eigenvalue weighted by atomic mass is 16.5. The van der Waals surface area contributed by atoms with Crippen LogP contribution in [0.1, 0.15) is 33.1 Å². The molecule has 0 aromatic heterocycles. The number of rotatable bonds is 3. The monoisotopic (exact) mass is 260 g/mol. The highest BCUT2D eigenvalue weighted by molar-refractivity contribution is 5.61. The van der Waals surface area contributed by atoms with E-state index in [1.54, 1.807) is 0 Å². The van der Waals surface area contributed by atoms with Crippen LogP contribution in [-0.2, 0) is 0 Å². The van der Waals surface area contributed by atoms with Crippen LogP contribution in [0.25, 0.3) is 0 Å². The number of nitrogen functional groups attached to an aromatic ring is 1. The summed E-state index contributed by atoms with van der Waals surface area (Å²) in [5.74, 6) is 2.69. The van der Waals surface area contributed by atoms with E-state index in [1.165, 1.54) is 38.0 Å². The van der Waals surface area contributed by atoms with E-state index in [4.69, 9.17) is 10.5 Å². The lowest BCUT2D eigenvalue weighted by atomic mass is 10.0. The number of nitrogens with two attached hydrogens (primary N) is 1. The molecule has 1 aliphatic heterocycles. The van der Waals surface area contributed by atoms with E-state index in [-0.39, 0.29) is 6.10 Å². The van der Waals surface area contributed by atoms with Gasteiger partial charge in [-0.15, -0.1) is 0 Å². The third kappa shape index (κ3) is 2.65. The lowest BCUT2D eigenvalue weighted by molar-refractivity contribution is 0.242. The summed E-state index contributed by atoms with van der Waals surface area (Å²) in [4.78, 5) is 2.48. The summed E-state index contributed by atoms with van der Waals surface area (Å²) in [6.45, 7) is 6.47. The Labute approximate surface area is 115 Å². The second-order valence-corrected chi connectivity index (χ2v) is 6.28. The maximum absolute atomic E-state index is 6.01.